The first-order valence-electron chi connectivity index (χ1n) is 12.5. The van der Waals surface area contributed by atoms with E-state index in [2.05, 4.69) is 6.92 Å². The summed E-state index contributed by atoms with van der Waals surface area (Å²) in [7, 11) is 0. The van der Waals surface area contributed by atoms with Crippen LogP contribution < -0.4 is 0 Å². The number of quaternary nitrogens is 1. The Bertz CT molecular complexity index is 501. The van der Waals surface area contributed by atoms with E-state index in [-0.39, 0.29) is 43.4 Å². The van der Waals surface area contributed by atoms with Crippen molar-refractivity contribution in [2.45, 2.75) is 110 Å². The summed E-state index contributed by atoms with van der Waals surface area (Å²) in [6.07, 6.45) is 19.6. The first-order chi connectivity index (χ1) is 15.3. The number of carbonyl (C=O) groups is 3. The summed E-state index contributed by atoms with van der Waals surface area (Å²) >= 11 is 0. The maximum absolute atomic E-state index is 11.1. The van der Waals surface area contributed by atoms with Crippen LogP contribution in [0.2, 0.25) is 0 Å². The Hall–Kier alpha value is -1.89. The molecule has 0 unspecified atom stereocenters. The Morgan fingerprint density at radius 1 is 0.594 bits per heavy atom. The highest BCUT2D eigenvalue weighted by Crippen LogP contribution is 2.16. The highest BCUT2D eigenvalue weighted by molar-refractivity contribution is 5.67. The van der Waals surface area contributed by atoms with Gasteiger partial charge in [-0.05, 0) is 18.9 Å². The van der Waals surface area contributed by atoms with E-state index >= 15 is 0 Å². The molecule has 0 saturated carbocycles. The predicted octanol–water partition coefficient (Wildman–Crippen LogP) is 5.83. The van der Waals surface area contributed by atoms with Gasteiger partial charge in [0.25, 0.3) is 0 Å². The van der Waals surface area contributed by atoms with Crippen molar-refractivity contribution in [1.29, 1.82) is 0 Å². The zero-order valence-corrected chi connectivity index (χ0v) is 20.1. The van der Waals surface area contributed by atoms with Crippen molar-refractivity contribution in [3.05, 3.63) is 12.3 Å². The predicted molar refractivity (Wildman–Crippen MR) is 126 cm³/mol. The molecule has 0 spiro atoms. The molecule has 186 valence electrons. The third kappa shape index (κ3) is 18.8. The van der Waals surface area contributed by atoms with Crippen molar-refractivity contribution >= 4 is 17.9 Å². The van der Waals surface area contributed by atoms with E-state index in [4.69, 9.17) is 15.3 Å². The lowest BCUT2D eigenvalue weighted by atomic mass is 10.0. The fourth-order valence-corrected chi connectivity index (χ4v) is 3.92. The summed E-state index contributed by atoms with van der Waals surface area (Å²) in [5, 5.41) is 27.2. The molecule has 0 amide bonds. The van der Waals surface area contributed by atoms with Gasteiger partial charge in [-0.1, -0.05) is 77.6 Å². The summed E-state index contributed by atoms with van der Waals surface area (Å²) < 4.78 is 0.0865. The third-order valence-corrected chi connectivity index (χ3v) is 5.96. The Morgan fingerprint density at radius 3 is 1.28 bits per heavy atom. The summed E-state index contributed by atoms with van der Waals surface area (Å²) in [6.45, 7) is 2.84. The molecule has 0 aromatic carbocycles. The van der Waals surface area contributed by atoms with Gasteiger partial charge in [-0.25, -0.2) is 0 Å². The normalized spacial score (nSPS) is 11.8. The number of rotatable bonds is 23. The quantitative estimate of drug-likeness (QED) is 0.132. The van der Waals surface area contributed by atoms with E-state index in [0.29, 0.717) is 0 Å². The molecule has 0 heterocycles. The van der Waals surface area contributed by atoms with Crippen molar-refractivity contribution < 1.29 is 34.2 Å². The molecule has 7 nitrogen and oxygen atoms in total. The molecule has 0 fully saturated rings. The average molecular weight is 457 g/mol. The van der Waals surface area contributed by atoms with Crippen molar-refractivity contribution in [2.75, 3.05) is 19.6 Å². The second-order valence-corrected chi connectivity index (χ2v) is 8.88. The van der Waals surface area contributed by atoms with Gasteiger partial charge >= 0.3 is 17.9 Å². The largest absolute Gasteiger partial charge is 0.481 e. The van der Waals surface area contributed by atoms with Gasteiger partial charge in [0.1, 0.15) is 0 Å². The Labute approximate surface area is 194 Å². The first-order valence-corrected chi connectivity index (χ1v) is 12.5. The summed E-state index contributed by atoms with van der Waals surface area (Å²) in [4.78, 5) is 33.2. The number of aliphatic carboxylic acids is 3. The SMILES string of the molecule is CCCCCCCCCCCCCC/C=C/[N+](CCC(=O)O)(CCC(=O)O)CCC(=O)O. The van der Waals surface area contributed by atoms with Gasteiger partial charge in [-0.3, -0.25) is 18.9 Å². The molecule has 0 radical (unpaired) electrons. The van der Waals surface area contributed by atoms with Gasteiger partial charge in [0.15, 0.2) is 0 Å². The topological polar surface area (TPSA) is 112 Å². The number of nitrogens with zero attached hydrogens (tertiary/aromatic N) is 1. The number of carboxylic acid groups (broad SMARTS) is 3. The van der Waals surface area contributed by atoms with Crippen LogP contribution >= 0.6 is 0 Å². The minimum Gasteiger partial charge on any atom is -0.481 e. The molecule has 0 aromatic rings. The van der Waals surface area contributed by atoms with Crippen LogP contribution in [0, 0.1) is 0 Å². The lowest BCUT2D eigenvalue weighted by Gasteiger charge is -2.34. The fraction of sp³-hybridized carbons (Fsp3) is 0.800. The van der Waals surface area contributed by atoms with Gasteiger partial charge < -0.3 is 15.3 Å². The molecule has 0 bridgehead atoms. The molecule has 32 heavy (non-hydrogen) atoms. The van der Waals surface area contributed by atoms with E-state index in [9.17, 15) is 14.4 Å². The summed E-state index contributed by atoms with van der Waals surface area (Å²) in [5.41, 5.74) is 0. The minimum absolute atomic E-state index is 0.0865. The van der Waals surface area contributed by atoms with Crippen LogP contribution in [-0.4, -0.2) is 57.3 Å². The number of hydrogen-bond donors (Lipinski definition) is 3. The number of carboxylic acids is 3. The van der Waals surface area contributed by atoms with E-state index in [1.165, 1.54) is 64.2 Å². The zero-order valence-electron chi connectivity index (χ0n) is 20.1. The molecule has 0 aromatic heterocycles. The molecule has 0 aliphatic carbocycles. The maximum Gasteiger partial charge on any atom is 0.309 e. The van der Waals surface area contributed by atoms with Crippen LogP contribution in [0.3, 0.4) is 0 Å². The smallest absolute Gasteiger partial charge is 0.309 e. The molecular formula is C25H46NO6+. The molecule has 7 heteroatoms. The second-order valence-electron chi connectivity index (χ2n) is 8.88. The van der Waals surface area contributed by atoms with Crippen LogP contribution in [0.4, 0.5) is 0 Å². The monoisotopic (exact) mass is 456 g/mol. The van der Waals surface area contributed by atoms with Gasteiger partial charge in [0.05, 0.1) is 45.1 Å². The molecule has 0 aliphatic rings. The van der Waals surface area contributed by atoms with E-state index < -0.39 is 17.9 Å². The number of allylic oxidation sites excluding steroid dienone is 1. The van der Waals surface area contributed by atoms with Crippen molar-refractivity contribution in [2.24, 2.45) is 0 Å². The lowest BCUT2D eigenvalue weighted by Crippen LogP contribution is -2.47. The van der Waals surface area contributed by atoms with E-state index in [1.54, 1.807) is 0 Å². The average Bonchev–Trinajstić information content (AvgIpc) is 2.74. The Kier molecular flexibility index (Phi) is 18.6. The molecule has 3 N–H and O–H groups in total. The van der Waals surface area contributed by atoms with Crippen LogP contribution in [0.5, 0.6) is 0 Å². The third-order valence-electron chi connectivity index (χ3n) is 5.96. The van der Waals surface area contributed by atoms with Crippen LogP contribution in [-0.2, 0) is 14.4 Å². The Balaban J connectivity index is 4.31. The second kappa shape index (κ2) is 19.8. The summed E-state index contributed by atoms with van der Waals surface area (Å²) in [6, 6.07) is 0. The minimum atomic E-state index is -0.965. The molecule has 0 saturated heterocycles. The zero-order chi connectivity index (χ0) is 24.1. The van der Waals surface area contributed by atoms with Crippen molar-refractivity contribution in [3.8, 4) is 0 Å². The van der Waals surface area contributed by atoms with Crippen LogP contribution in [0.25, 0.3) is 0 Å². The van der Waals surface area contributed by atoms with Gasteiger partial charge in [-0.2, -0.15) is 0 Å². The van der Waals surface area contributed by atoms with E-state index in [1.807, 2.05) is 12.3 Å². The number of unbranched alkanes of at least 4 members (excludes halogenated alkanes) is 12. The maximum atomic E-state index is 11.1. The lowest BCUT2D eigenvalue weighted by molar-refractivity contribution is -0.878. The molecule has 0 atom stereocenters. The van der Waals surface area contributed by atoms with Crippen molar-refractivity contribution in [3.63, 3.8) is 0 Å². The molecule has 0 aliphatic heterocycles. The highest BCUT2D eigenvalue weighted by atomic mass is 16.4. The highest BCUT2D eigenvalue weighted by Gasteiger charge is 2.27. The summed E-state index contributed by atoms with van der Waals surface area (Å²) in [5.74, 6) is -2.90. The van der Waals surface area contributed by atoms with Crippen LogP contribution in [0.15, 0.2) is 12.3 Å². The molecular weight excluding hydrogens is 410 g/mol. The first kappa shape index (κ1) is 30.1. The molecule has 0 rings (SSSR count). The van der Waals surface area contributed by atoms with Gasteiger partial charge in [0, 0.05) is 0 Å². The fourth-order valence-electron chi connectivity index (χ4n) is 3.92. The number of hydrogen-bond acceptors (Lipinski definition) is 3. The van der Waals surface area contributed by atoms with Gasteiger partial charge in [-0.15, -0.1) is 0 Å². The van der Waals surface area contributed by atoms with Crippen molar-refractivity contribution in [1.82, 2.24) is 0 Å². The van der Waals surface area contributed by atoms with Crippen LogP contribution in [0.1, 0.15) is 110 Å². The van der Waals surface area contributed by atoms with E-state index in [0.717, 1.165) is 19.3 Å². The Morgan fingerprint density at radius 2 is 0.938 bits per heavy atom. The standard InChI is InChI=1S/C25H45NO6/c1-2-3-4-5-6-7-8-9-10-11-12-13-14-15-19-26(20-16-23(27)28,21-17-24(29)30)22-18-25(31)32/h15,19H,2-14,16-18,20-22H2,1H3,(H2-,27,28,29,30,31,32)/p+1/b19-15+. The van der Waals surface area contributed by atoms with Gasteiger partial charge in [0.2, 0.25) is 0 Å².